The number of nitrogens with zero attached hydrogens (tertiary/aromatic N) is 4. The number of carbonyl (C=O) groups excluding carboxylic acids is 1. The van der Waals surface area contributed by atoms with Gasteiger partial charge in [0.2, 0.25) is 0 Å². The highest BCUT2D eigenvalue weighted by Gasteiger charge is 2.24. The first kappa shape index (κ1) is 17.2. The van der Waals surface area contributed by atoms with E-state index in [4.69, 9.17) is 4.74 Å². The van der Waals surface area contributed by atoms with E-state index in [-0.39, 0.29) is 18.0 Å². The van der Waals surface area contributed by atoms with Gasteiger partial charge in [-0.3, -0.25) is 4.90 Å². The van der Waals surface area contributed by atoms with Crippen LogP contribution in [-0.4, -0.2) is 56.8 Å². The summed E-state index contributed by atoms with van der Waals surface area (Å²) in [5.41, 5.74) is 1.49. The lowest BCUT2D eigenvalue weighted by Gasteiger charge is -2.32. The zero-order valence-corrected chi connectivity index (χ0v) is 14.3. The molecule has 2 N–H and O–H groups in total. The molecule has 1 aliphatic rings. The van der Waals surface area contributed by atoms with Crippen LogP contribution in [0.2, 0.25) is 0 Å². The Morgan fingerprint density at radius 3 is 2.96 bits per heavy atom. The van der Waals surface area contributed by atoms with Crippen molar-refractivity contribution < 1.29 is 14.6 Å². The lowest BCUT2D eigenvalue weighted by atomic mass is 10.1. The fraction of sp³-hybridized carbons (Fsp3) is 0.471. The number of likely N-dealkylation sites (tertiary alicyclic amines) is 1. The molecule has 2 aromatic rings. The Kier molecular flexibility index (Phi) is 5.49. The minimum absolute atomic E-state index is 0.0380. The molecule has 0 spiro atoms. The molecular formula is C17H23N5O3. The number of rotatable bonds is 5. The van der Waals surface area contributed by atoms with Crippen molar-refractivity contribution in [1.82, 2.24) is 25.2 Å². The first-order valence-corrected chi connectivity index (χ1v) is 8.52. The normalized spacial score (nSPS) is 18.0. The van der Waals surface area contributed by atoms with Crippen LogP contribution >= 0.6 is 0 Å². The van der Waals surface area contributed by atoms with Crippen molar-refractivity contribution in [2.45, 2.75) is 32.4 Å². The zero-order valence-electron chi connectivity index (χ0n) is 14.3. The van der Waals surface area contributed by atoms with Crippen LogP contribution in [0.15, 0.2) is 30.3 Å². The van der Waals surface area contributed by atoms with Gasteiger partial charge in [-0.1, -0.05) is 28.5 Å². The highest BCUT2D eigenvalue weighted by atomic mass is 16.5. The molecule has 1 unspecified atom stereocenters. The third kappa shape index (κ3) is 4.27. The van der Waals surface area contributed by atoms with Crippen molar-refractivity contribution in [1.29, 1.82) is 0 Å². The summed E-state index contributed by atoms with van der Waals surface area (Å²) in [5, 5.41) is 20.8. The molecule has 2 heterocycles. The molecule has 3 rings (SSSR count). The number of carbonyl (C=O) groups is 1. The van der Waals surface area contributed by atoms with Crippen LogP contribution in [0, 0.1) is 0 Å². The van der Waals surface area contributed by atoms with E-state index in [0.29, 0.717) is 25.4 Å². The van der Waals surface area contributed by atoms with E-state index in [0.717, 1.165) is 25.1 Å². The van der Waals surface area contributed by atoms with Gasteiger partial charge in [0.15, 0.2) is 0 Å². The van der Waals surface area contributed by atoms with Crippen molar-refractivity contribution in [3.63, 3.8) is 0 Å². The minimum Gasteiger partial charge on any atom is -0.491 e. The first-order chi connectivity index (χ1) is 12.2. The maximum Gasteiger partial charge on any atom is 0.407 e. The molecule has 0 bridgehead atoms. The Labute approximate surface area is 146 Å². The second-order valence-electron chi connectivity index (χ2n) is 6.05. The molecule has 1 saturated heterocycles. The lowest BCUT2D eigenvalue weighted by Crippen LogP contribution is -2.47. The second kappa shape index (κ2) is 7.98. The van der Waals surface area contributed by atoms with E-state index in [1.165, 1.54) is 0 Å². The molecule has 0 saturated carbocycles. The molecule has 1 aromatic heterocycles. The molecule has 0 aliphatic carbocycles. The molecule has 1 amide bonds. The van der Waals surface area contributed by atoms with Gasteiger partial charge < -0.3 is 15.2 Å². The third-order valence-electron chi connectivity index (χ3n) is 4.22. The second-order valence-corrected chi connectivity index (χ2v) is 6.05. The van der Waals surface area contributed by atoms with Gasteiger partial charge in [0, 0.05) is 19.1 Å². The number of alkyl carbamates (subject to hydrolysis) is 1. The van der Waals surface area contributed by atoms with Crippen LogP contribution in [0.3, 0.4) is 0 Å². The smallest absolute Gasteiger partial charge is 0.407 e. The number of aromatic hydroxyl groups is 1. The molecule has 8 heteroatoms. The molecule has 0 radical (unpaired) electrons. The standard InChI is InChI=1S/C17H23N5O3/c1-2-25-17(24)18-13-7-6-10-21(11-13)12-15-16(23)19-20-22(15)14-8-4-3-5-9-14/h3-5,8-9,13,23H,2,6-7,10-12H2,1H3,(H,18,24). The molecule has 1 aliphatic heterocycles. The predicted octanol–water partition coefficient (Wildman–Crippen LogP) is 1.68. The SMILES string of the molecule is CCOC(=O)NC1CCCN(Cc2c(O)nnn2-c2ccccc2)C1. The molecule has 1 aromatic carbocycles. The van der Waals surface area contributed by atoms with Gasteiger partial charge in [-0.15, -0.1) is 0 Å². The maximum absolute atomic E-state index is 11.6. The van der Waals surface area contributed by atoms with Gasteiger partial charge in [-0.05, 0) is 38.4 Å². The van der Waals surface area contributed by atoms with Gasteiger partial charge >= 0.3 is 6.09 Å². The summed E-state index contributed by atoms with van der Waals surface area (Å²) in [6, 6.07) is 9.63. The van der Waals surface area contributed by atoms with Crippen LogP contribution in [0.25, 0.3) is 5.69 Å². The van der Waals surface area contributed by atoms with Crippen molar-refractivity contribution in [3.8, 4) is 11.6 Å². The fourth-order valence-electron chi connectivity index (χ4n) is 3.08. The number of amides is 1. The Balaban J connectivity index is 1.68. The molecular weight excluding hydrogens is 322 g/mol. The predicted molar refractivity (Wildman–Crippen MR) is 91.5 cm³/mol. The fourth-order valence-corrected chi connectivity index (χ4v) is 3.08. The average Bonchev–Trinajstić information content (AvgIpc) is 2.97. The summed E-state index contributed by atoms with van der Waals surface area (Å²) in [5.74, 6) is -0.0654. The molecule has 134 valence electrons. The number of piperidine rings is 1. The van der Waals surface area contributed by atoms with Crippen LogP contribution in [-0.2, 0) is 11.3 Å². The highest BCUT2D eigenvalue weighted by Crippen LogP contribution is 2.21. The van der Waals surface area contributed by atoms with E-state index >= 15 is 0 Å². The van der Waals surface area contributed by atoms with Gasteiger partial charge in [-0.25, -0.2) is 9.48 Å². The van der Waals surface area contributed by atoms with Gasteiger partial charge in [0.25, 0.3) is 5.88 Å². The van der Waals surface area contributed by atoms with Crippen molar-refractivity contribution in [2.75, 3.05) is 19.7 Å². The Morgan fingerprint density at radius 1 is 1.40 bits per heavy atom. The van der Waals surface area contributed by atoms with Gasteiger partial charge in [0.05, 0.1) is 12.3 Å². The third-order valence-corrected chi connectivity index (χ3v) is 4.22. The number of aromatic nitrogens is 3. The summed E-state index contributed by atoms with van der Waals surface area (Å²) in [4.78, 5) is 13.8. The number of hydrogen-bond donors (Lipinski definition) is 2. The van der Waals surface area contributed by atoms with Crippen molar-refractivity contribution in [3.05, 3.63) is 36.0 Å². The number of benzene rings is 1. The molecule has 1 fully saturated rings. The maximum atomic E-state index is 11.6. The van der Waals surface area contributed by atoms with E-state index in [9.17, 15) is 9.90 Å². The molecule has 25 heavy (non-hydrogen) atoms. The molecule has 1 atom stereocenters. The summed E-state index contributed by atoms with van der Waals surface area (Å²) in [6.45, 7) is 4.23. The quantitative estimate of drug-likeness (QED) is 0.857. The van der Waals surface area contributed by atoms with Crippen LogP contribution in [0.1, 0.15) is 25.5 Å². The summed E-state index contributed by atoms with van der Waals surface area (Å²) in [7, 11) is 0. The monoisotopic (exact) mass is 345 g/mol. The van der Waals surface area contributed by atoms with Crippen LogP contribution < -0.4 is 5.32 Å². The van der Waals surface area contributed by atoms with E-state index < -0.39 is 0 Å². The Hall–Kier alpha value is -2.61. The lowest BCUT2D eigenvalue weighted by molar-refractivity contribution is 0.131. The largest absolute Gasteiger partial charge is 0.491 e. The Bertz CT molecular complexity index is 704. The molecule has 8 nitrogen and oxygen atoms in total. The van der Waals surface area contributed by atoms with Gasteiger partial charge in [-0.2, -0.15) is 0 Å². The van der Waals surface area contributed by atoms with Crippen molar-refractivity contribution >= 4 is 6.09 Å². The van der Waals surface area contributed by atoms with Gasteiger partial charge in [0.1, 0.15) is 5.69 Å². The number of para-hydroxylation sites is 1. The topological polar surface area (TPSA) is 92.5 Å². The summed E-state index contributed by atoms with van der Waals surface area (Å²) < 4.78 is 6.60. The number of hydrogen-bond acceptors (Lipinski definition) is 6. The highest BCUT2D eigenvalue weighted by molar-refractivity contribution is 5.67. The number of ether oxygens (including phenoxy) is 1. The summed E-state index contributed by atoms with van der Waals surface area (Å²) in [6.07, 6.45) is 1.50. The zero-order chi connectivity index (χ0) is 17.6. The van der Waals surface area contributed by atoms with Crippen molar-refractivity contribution in [2.24, 2.45) is 0 Å². The van der Waals surface area contributed by atoms with Crippen LogP contribution in [0.4, 0.5) is 4.79 Å². The average molecular weight is 345 g/mol. The summed E-state index contributed by atoms with van der Waals surface area (Å²) >= 11 is 0. The number of nitrogens with one attached hydrogen (secondary N) is 1. The van der Waals surface area contributed by atoms with E-state index in [1.54, 1.807) is 11.6 Å². The van der Waals surface area contributed by atoms with E-state index in [1.807, 2.05) is 30.3 Å². The van der Waals surface area contributed by atoms with Crippen LogP contribution in [0.5, 0.6) is 5.88 Å². The van der Waals surface area contributed by atoms with E-state index in [2.05, 4.69) is 20.5 Å². The Morgan fingerprint density at radius 2 is 2.20 bits per heavy atom. The minimum atomic E-state index is -0.381. The first-order valence-electron chi connectivity index (χ1n) is 8.52.